The molecule has 6 heteroatoms. The number of allylic oxidation sites excluding steroid dienone is 8. The van der Waals surface area contributed by atoms with Crippen molar-refractivity contribution in [3.63, 3.8) is 0 Å². The van der Waals surface area contributed by atoms with Gasteiger partial charge in [0.2, 0.25) is 0 Å². The van der Waals surface area contributed by atoms with Gasteiger partial charge in [-0.25, -0.2) is 0 Å². The number of hydrogen-bond donors (Lipinski definition) is 0. The van der Waals surface area contributed by atoms with Gasteiger partial charge in [0.1, 0.15) is 13.2 Å². The summed E-state index contributed by atoms with van der Waals surface area (Å²) in [5.74, 6) is -0.910. The summed E-state index contributed by atoms with van der Waals surface area (Å²) in [5.41, 5.74) is 0. The Morgan fingerprint density at radius 3 is 0.937 bits per heavy atom. The SMILES string of the molecule is CCCC/C=C\CCCCCCC(=O)OCC(COC(=O)CCCCCCC/C=C\C=C/CCCCCCCCC)OC(=O)CCCCCCCCC/C=C\CCCCCCCC. The van der Waals surface area contributed by atoms with Crippen LogP contribution in [0.5, 0.6) is 0 Å². The summed E-state index contributed by atoms with van der Waals surface area (Å²) < 4.78 is 16.8. The molecule has 0 rings (SSSR count). The normalized spacial score (nSPS) is 12.4. The first-order valence-corrected chi connectivity index (χ1v) is 27.2. The Morgan fingerprint density at radius 1 is 0.317 bits per heavy atom. The van der Waals surface area contributed by atoms with E-state index >= 15 is 0 Å². The molecule has 0 saturated heterocycles. The molecule has 6 nitrogen and oxygen atoms in total. The number of esters is 3. The molecule has 0 bridgehead atoms. The van der Waals surface area contributed by atoms with Crippen LogP contribution >= 0.6 is 0 Å². The molecule has 0 N–H and O–H groups in total. The van der Waals surface area contributed by atoms with Crippen LogP contribution in [0.25, 0.3) is 0 Å². The minimum Gasteiger partial charge on any atom is -0.462 e. The predicted octanol–water partition coefficient (Wildman–Crippen LogP) is 17.9. The molecule has 0 aliphatic carbocycles. The monoisotopic (exact) mass is 883 g/mol. The third-order valence-corrected chi connectivity index (χ3v) is 11.8. The summed E-state index contributed by atoms with van der Waals surface area (Å²) in [4.78, 5) is 38.0. The second kappa shape index (κ2) is 52.0. The zero-order valence-corrected chi connectivity index (χ0v) is 41.8. The fraction of sp³-hybridized carbons (Fsp3) is 0.807. The molecule has 63 heavy (non-hydrogen) atoms. The summed E-state index contributed by atoms with van der Waals surface area (Å²) in [5, 5.41) is 0. The van der Waals surface area contributed by atoms with Crippen molar-refractivity contribution in [2.45, 2.75) is 284 Å². The van der Waals surface area contributed by atoms with Crippen molar-refractivity contribution in [2.24, 2.45) is 0 Å². The van der Waals surface area contributed by atoms with Gasteiger partial charge in [0, 0.05) is 19.3 Å². The minimum absolute atomic E-state index is 0.0852. The molecule has 0 fully saturated rings. The minimum atomic E-state index is -0.784. The van der Waals surface area contributed by atoms with Crippen LogP contribution in [-0.4, -0.2) is 37.2 Å². The lowest BCUT2D eigenvalue weighted by molar-refractivity contribution is -0.167. The number of unbranched alkanes of at least 4 members (excludes halogenated alkanes) is 31. The van der Waals surface area contributed by atoms with Crippen LogP contribution in [0, 0.1) is 0 Å². The Hall–Kier alpha value is -2.63. The first kappa shape index (κ1) is 60.4. The maximum absolute atomic E-state index is 12.8. The van der Waals surface area contributed by atoms with Crippen molar-refractivity contribution in [2.75, 3.05) is 13.2 Å². The van der Waals surface area contributed by atoms with E-state index in [2.05, 4.69) is 69.4 Å². The van der Waals surface area contributed by atoms with E-state index in [9.17, 15) is 14.4 Å². The number of hydrogen-bond acceptors (Lipinski definition) is 6. The molecule has 0 aromatic heterocycles. The van der Waals surface area contributed by atoms with Crippen molar-refractivity contribution < 1.29 is 28.6 Å². The molecule has 0 aliphatic heterocycles. The van der Waals surface area contributed by atoms with Gasteiger partial charge in [-0.15, -0.1) is 0 Å². The van der Waals surface area contributed by atoms with Crippen molar-refractivity contribution in [1.82, 2.24) is 0 Å². The first-order chi connectivity index (χ1) is 31.0. The van der Waals surface area contributed by atoms with Gasteiger partial charge in [0.05, 0.1) is 0 Å². The molecule has 0 heterocycles. The third kappa shape index (κ3) is 50.2. The van der Waals surface area contributed by atoms with Crippen LogP contribution in [0.15, 0.2) is 48.6 Å². The van der Waals surface area contributed by atoms with E-state index < -0.39 is 6.10 Å². The van der Waals surface area contributed by atoms with Crippen LogP contribution in [0.2, 0.25) is 0 Å². The second-order valence-corrected chi connectivity index (χ2v) is 18.2. The fourth-order valence-corrected chi connectivity index (χ4v) is 7.64. The Balaban J connectivity index is 4.36. The van der Waals surface area contributed by atoms with Gasteiger partial charge >= 0.3 is 17.9 Å². The highest BCUT2D eigenvalue weighted by Gasteiger charge is 2.19. The van der Waals surface area contributed by atoms with E-state index in [1.54, 1.807) is 0 Å². The number of rotatable bonds is 49. The zero-order chi connectivity index (χ0) is 45.8. The van der Waals surface area contributed by atoms with E-state index in [0.717, 1.165) is 96.3 Å². The van der Waals surface area contributed by atoms with Crippen molar-refractivity contribution in [3.05, 3.63) is 48.6 Å². The third-order valence-electron chi connectivity index (χ3n) is 11.8. The zero-order valence-electron chi connectivity index (χ0n) is 41.8. The summed E-state index contributed by atoms with van der Waals surface area (Å²) >= 11 is 0. The molecule has 0 aliphatic rings. The van der Waals surface area contributed by atoms with E-state index in [-0.39, 0.29) is 31.1 Å². The average molecular weight is 883 g/mol. The van der Waals surface area contributed by atoms with Gasteiger partial charge < -0.3 is 14.2 Å². The average Bonchev–Trinajstić information content (AvgIpc) is 3.28. The number of ether oxygens (including phenoxy) is 3. The van der Waals surface area contributed by atoms with Gasteiger partial charge in [-0.3, -0.25) is 14.4 Å². The van der Waals surface area contributed by atoms with Crippen LogP contribution in [-0.2, 0) is 28.6 Å². The molecular weight excluding hydrogens is 781 g/mol. The summed E-state index contributed by atoms with van der Waals surface area (Å²) in [7, 11) is 0. The van der Waals surface area contributed by atoms with Gasteiger partial charge in [-0.05, 0) is 89.9 Å². The smallest absolute Gasteiger partial charge is 0.306 e. The van der Waals surface area contributed by atoms with Crippen molar-refractivity contribution >= 4 is 17.9 Å². The predicted molar refractivity (Wildman–Crippen MR) is 270 cm³/mol. The van der Waals surface area contributed by atoms with Gasteiger partial charge in [-0.1, -0.05) is 217 Å². The molecule has 0 saturated carbocycles. The fourth-order valence-electron chi connectivity index (χ4n) is 7.64. The maximum atomic E-state index is 12.8. The number of carbonyl (C=O) groups excluding carboxylic acids is 3. The lowest BCUT2D eigenvalue weighted by atomic mass is 10.1. The Bertz CT molecular complexity index is 1110. The quantitative estimate of drug-likeness (QED) is 0.0199. The Morgan fingerprint density at radius 2 is 0.587 bits per heavy atom. The molecule has 1 atom stereocenters. The van der Waals surface area contributed by atoms with Gasteiger partial charge in [0.25, 0.3) is 0 Å². The molecule has 0 spiro atoms. The summed E-state index contributed by atoms with van der Waals surface area (Å²) in [6, 6.07) is 0. The largest absolute Gasteiger partial charge is 0.462 e. The van der Waals surface area contributed by atoms with Crippen LogP contribution in [0.4, 0.5) is 0 Å². The van der Waals surface area contributed by atoms with E-state index in [1.807, 2.05) is 0 Å². The van der Waals surface area contributed by atoms with E-state index in [0.29, 0.717) is 19.3 Å². The maximum Gasteiger partial charge on any atom is 0.306 e. The van der Waals surface area contributed by atoms with Crippen LogP contribution in [0.3, 0.4) is 0 Å². The van der Waals surface area contributed by atoms with Gasteiger partial charge in [0.15, 0.2) is 6.10 Å². The van der Waals surface area contributed by atoms with Crippen molar-refractivity contribution in [3.8, 4) is 0 Å². The lowest BCUT2D eigenvalue weighted by Crippen LogP contribution is -2.30. The van der Waals surface area contributed by atoms with Crippen molar-refractivity contribution in [1.29, 1.82) is 0 Å². The molecule has 0 amide bonds. The summed E-state index contributed by atoms with van der Waals surface area (Å²) in [6.07, 6.45) is 62.4. The van der Waals surface area contributed by atoms with E-state index in [1.165, 1.54) is 141 Å². The number of carbonyl (C=O) groups is 3. The molecular formula is C57H102O6. The Kier molecular flexibility index (Phi) is 49.8. The van der Waals surface area contributed by atoms with Crippen LogP contribution < -0.4 is 0 Å². The molecule has 0 radical (unpaired) electrons. The standard InChI is InChI=1S/C57H102O6/c1-4-7-10-13-16-19-22-24-26-28-30-31-33-35-38-41-44-47-50-56(59)62-53-54(52-61-55(58)49-46-43-40-37-21-18-15-12-9-6-3)63-57(60)51-48-45-42-39-36-34-32-29-27-25-23-20-17-14-11-8-5-2/h15,18,25-28,30-31,54H,4-14,16-17,19-24,29,32-53H2,1-3H3/b18-15-,27-25-,28-26-,31-30-. The van der Waals surface area contributed by atoms with E-state index in [4.69, 9.17) is 14.2 Å². The highest BCUT2D eigenvalue weighted by Crippen LogP contribution is 2.15. The molecule has 1 unspecified atom stereocenters. The highest BCUT2D eigenvalue weighted by atomic mass is 16.6. The lowest BCUT2D eigenvalue weighted by Gasteiger charge is -2.18. The highest BCUT2D eigenvalue weighted by molar-refractivity contribution is 5.71. The van der Waals surface area contributed by atoms with Gasteiger partial charge in [-0.2, -0.15) is 0 Å². The van der Waals surface area contributed by atoms with Crippen LogP contribution in [0.1, 0.15) is 278 Å². The second-order valence-electron chi connectivity index (χ2n) is 18.2. The molecule has 0 aromatic rings. The summed E-state index contributed by atoms with van der Waals surface area (Å²) in [6.45, 7) is 6.58. The molecule has 366 valence electrons. The topological polar surface area (TPSA) is 78.9 Å². The first-order valence-electron chi connectivity index (χ1n) is 27.2. The Labute approximate surface area is 390 Å². The molecule has 0 aromatic carbocycles.